The normalized spacial score (nSPS) is 10.0. The summed E-state index contributed by atoms with van der Waals surface area (Å²) in [6.45, 7) is 0. The molecule has 1 aromatic carbocycles. The second-order valence-corrected chi connectivity index (χ2v) is 3.54. The molecule has 0 aliphatic rings. The van der Waals surface area contributed by atoms with Crippen LogP contribution in [0.25, 0.3) is 0 Å². The molecule has 3 nitrogen and oxygen atoms in total. The molecule has 0 fully saturated rings. The van der Waals surface area contributed by atoms with Crippen LogP contribution in [0.3, 0.4) is 0 Å². The summed E-state index contributed by atoms with van der Waals surface area (Å²) in [4.78, 5) is 14.8. The Bertz CT molecular complexity index is 494. The summed E-state index contributed by atoms with van der Waals surface area (Å²) in [6, 6.07) is 10.8. The van der Waals surface area contributed by atoms with E-state index in [0.29, 0.717) is 12.0 Å². The molecule has 0 aliphatic carbocycles. The largest absolute Gasteiger partial charge is 0.478 e. The van der Waals surface area contributed by atoms with Crippen molar-refractivity contribution >= 4 is 5.97 Å². The summed E-state index contributed by atoms with van der Waals surface area (Å²) in [7, 11) is 0. The van der Waals surface area contributed by atoms with Crippen LogP contribution in [0.15, 0.2) is 48.8 Å². The van der Waals surface area contributed by atoms with E-state index in [0.717, 1.165) is 11.1 Å². The highest BCUT2D eigenvalue weighted by Gasteiger charge is 2.03. The molecular weight excluding hydrogens is 202 g/mol. The van der Waals surface area contributed by atoms with Gasteiger partial charge in [-0.2, -0.15) is 0 Å². The van der Waals surface area contributed by atoms with Gasteiger partial charge in [0.2, 0.25) is 0 Å². The number of hydrogen-bond acceptors (Lipinski definition) is 2. The molecule has 0 unspecified atom stereocenters. The minimum absolute atomic E-state index is 0.321. The van der Waals surface area contributed by atoms with E-state index in [1.165, 1.54) is 0 Å². The smallest absolute Gasteiger partial charge is 0.335 e. The molecule has 0 spiro atoms. The van der Waals surface area contributed by atoms with Crippen LogP contribution in [0, 0.1) is 0 Å². The topological polar surface area (TPSA) is 50.2 Å². The zero-order valence-electron chi connectivity index (χ0n) is 8.63. The Morgan fingerprint density at radius 1 is 1.19 bits per heavy atom. The molecule has 0 atom stereocenters. The number of pyridine rings is 1. The average molecular weight is 213 g/mol. The number of aromatic nitrogens is 1. The Labute approximate surface area is 93.4 Å². The summed E-state index contributed by atoms with van der Waals surface area (Å²) in [6.07, 6.45) is 4.21. The SMILES string of the molecule is O=C(O)c1cccc(Cc2cccnc2)c1. The van der Waals surface area contributed by atoms with E-state index in [1.54, 1.807) is 30.6 Å². The molecular formula is C13H11NO2. The van der Waals surface area contributed by atoms with Crippen molar-refractivity contribution < 1.29 is 9.90 Å². The summed E-state index contributed by atoms with van der Waals surface area (Å²) < 4.78 is 0. The van der Waals surface area contributed by atoms with Gasteiger partial charge < -0.3 is 5.11 Å². The number of rotatable bonds is 3. The Morgan fingerprint density at radius 2 is 2.00 bits per heavy atom. The first-order valence-electron chi connectivity index (χ1n) is 4.97. The Hall–Kier alpha value is -2.16. The lowest BCUT2D eigenvalue weighted by Gasteiger charge is -2.02. The van der Waals surface area contributed by atoms with Gasteiger partial charge >= 0.3 is 5.97 Å². The lowest BCUT2D eigenvalue weighted by molar-refractivity contribution is 0.0697. The zero-order valence-corrected chi connectivity index (χ0v) is 8.63. The maximum absolute atomic E-state index is 10.8. The van der Waals surface area contributed by atoms with E-state index in [2.05, 4.69) is 4.98 Å². The van der Waals surface area contributed by atoms with Crippen molar-refractivity contribution in [3.8, 4) is 0 Å². The average Bonchev–Trinajstić information content (AvgIpc) is 2.30. The fourth-order valence-corrected chi connectivity index (χ4v) is 1.55. The van der Waals surface area contributed by atoms with Crippen molar-refractivity contribution in [2.24, 2.45) is 0 Å². The summed E-state index contributed by atoms with van der Waals surface area (Å²) >= 11 is 0. The van der Waals surface area contributed by atoms with Crippen molar-refractivity contribution in [2.45, 2.75) is 6.42 Å². The summed E-state index contributed by atoms with van der Waals surface area (Å²) in [5.74, 6) is -0.895. The van der Waals surface area contributed by atoms with Gasteiger partial charge in [0.1, 0.15) is 0 Å². The highest BCUT2D eigenvalue weighted by molar-refractivity contribution is 5.87. The van der Waals surface area contributed by atoms with Crippen LogP contribution >= 0.6 is 0 Å². The van der Waals surface area contributed by atoms with Crippen LogP contribution in [0.5, 0.6) is 0 Å². The number of nitrogens with zero attached hydrogens (tertiary/aromatic N) is 1. The Kier molecular flexibility index (Phi) is 2.96. The van der Waals surface area contributed by atoms with Crippen molar-refractivity contribution in [2.75, 3.05) is 0 Å². The predicted molar refractivity (Wildman–Crippen MR) is 60.4 cm³/mol. The van der Waals surface area contributed by atoms with E-state index in [4.69, 9.17) is 5.11 Å². The molecule has 1 aromatic heterocycles. The van der Waals surface area contributed by atoms with E-state index < -0.39 is 5.97 Å². The maximum Gasteiger partial charge on any atom is 0.335 e. The Balaban J connectivity index is 2.22. The van der Waals surface area contributed by atoms with Crippen LogP contribution < -0.4 is 0 Å². The predicted octanol–water partition coefficient (Wildman–Crippen LogP) is 2.37. The van der Waals surface area contributed by atoms with E-state index in [9.17, 15) is 4.79 Å². The van der Waals surface area contributed by atoms with Gasteiger partial charge in [0.05, 0.1) is 5.56 Å². The van der Waals surface area contributed by atoms with Crippen LogP contribution in [0.4, 0.5) is 0 Å². The highest BCUT2D eigenvalue weighted by atomic mass is 16.4. The van der Waals surface area contributed by atoms with Gasteiger partial charge in [0, 0.05) is 12.4 Å². The molecule has 0 saturated carbocycles. The fraction of sp³-hybridized carbons (Fsp3) is 0.0769. The molecule has 16 heavy (non-hydrogen) atoms. The first-order chi connectivity index (χ1) is 7.75. The van der Waals surface area contributed by atoms with Gasteiger partial charge in [0.15, 0.2) is 0 Å². The van der Waals surface area contributed by atoms with Gasteiger partial charge in [-0.25, -0.2) is 4.79 Å². The molecule has 80 valence electrons. The monoisotopic (exact) mass is 213 g/mol. The molecule has 3 heteroatoms. The van der Waals surface area contributed by atoms with Gasteiger partial charge in [0.25, 0.3) is 0 Å². The minimum Gasteiger partial charge on any atom is -0.478 e. The molecule has 1 heterocycles. The molecule has 0 saturated heterocycles. The van der Waals surface area contributed by atoms with E-state index in [-0.39, 0.29) is 0 Å². The maximum atomic E-state index is 10.8. The fourth-order valence-electron chi connectivity index (χ4n) is 1.55. The van der Waals surface area contributed by atoms with Crippen molar-refractivity contribution in [1.82, 2.24) is 4.98 Å². The van der Waals surface area contributed by atoms with E-state index >= 15 is 0 Å². The third kappa shape index (κ3) is 2.45. The third-order valence-electron chi connectivity index (χ3n) is 2.30. The van der Waals surface area contributed by atoms with Crippen LogP contribution in [-0.2, 0) is 6.42 Å². The summed E-state index contributed by atoms with van der Waals surface area (Å²) in [5.41, 5.74) is 2.37. The molecule has 0 bridgehead atoms. The van der Waals surface area contributed by atoms with Gasteiger partial charge in [-0.3, -0.25) is 4.98 Å². The molecule has 2 aromatic rings. The highest BCUT2D eigenvalue weighted by Crippen LogP contribution is 2.10. The van der Waals surface area contributed by atoms with Gasteiger partial charge in [-0.05, 0) is 35.7 Å². The summed E-state index contributed by atoms with van der Waals surface area (Å²) in [5, 5.41) is 8.86. The molecule has 0 aliphatic heterocycles. The van der Waals surface area contributed by atoms with Crippen LogP contribution in [0.2, 0.25) is 0 Å². The standard InChI is InChI=1S/C13H11NO2/c15-13(16)12-5-1-3-10(8-12)7-11-4-2-6-14-9-11/h1-6,8-9H,7H2,(H,15,16). The number of aromatic carboxylic acids is 1. The third-order valence-corrected chi connectivity index (χ3v) is 2.30. The number of carbonyl (C=O) groups is 1. The molecule has 0 amide bonds. The molecule has 0 radical (unpaired) electrons. The number of hydrogen-bond donors (Lipinski definition) is 1. The van der Waals surface area contributed by atoms with Gasteiger partial charge in [-0.1, -0.05) is 18.2 Å². The second kappa shape index (κ2) is 4.57. The quantitative estimate of drug-likeness (QED) is 0.851. The van der Waals surface area contributed by atoms with Crippen molar-refractivity contribution in [3.63, 3.8) is 0 Å². The zero-order chi connectivity index (χ0) is 11.4. The number of carboxylic acids is 1. The van der Waals surface area contributed by atoms with E-state index in [1.807, 2.05) is 18.2 Å². The molecule has 1 N–H and O–H groups in total. The first kappa shape index (κ1) is 10.4. The number of benzene rings is 1. The van der Waals surface area contributed by atoms with Crippen LogP contribution in [0.1, 0.15) is 21.5 Å². The first-order valence-corrected chi connectivity index (χ1v) is 4.97. The Morgan fingerprint density at radius 3 is 2.69 bits per heavy atom. The lowest BCUT2D eigenvalue weighted by Crippen LogP contribution is -1.97. The molecule has 2 rings (SSSR count). The minimum atomic E-state index is -0.895. The second-order valence-electron chi connectivity index (χ2n) is 3.54. The van der Waals surface area contributed by atoms with Crippen molar-refractivity contribution in [3.05, 3.63) is 65.5 Å². The van der Waals surface area contributed by atoms with Gasteiger partial charge in [-0.15, -0.1) is 0 Å². The van der Waals surface area contributed by atoms with Crippen molar-refractivity contribution in [1.29, 1.82) is 0 Å². The lowest BCUT2D eigenvalue weighted by atomic mass is 10.0. The van der Waals surface area contributed by atoms with Crippen LogP contribution in [-0.4, -0.2) is 16.1 Å². The number of carboxylic acid groups (broad SMARTS) is 1.